The molecule has 1 N–H and O–H groups in total. The van der Waals surface area contributed by atoms with Gasteiger partial charge in [-0.15, -0.1) is 0 Å². The lowest BCUT2D eigenvalue weighted by Crippen LogP contribution is -2.44. The van der Waals surface area contributed by atoms with Crippen LogP contribution in [-0.4, -0.2) is 62.9 Å². The lowest BCUT2D eigenvalue weighted by atomic mass is 9.83. The predicted molar refractivity (Wildman–Crippen MR) is 131 cm³/mol. The fourth-order valence-corrected chi connectivity index (χ4v) is 5.11. The van der Waals surface area contributed by atoms with E-state index < -0.39 is 6.43 Å². The van der Waals surface area contributed by atoms with E-state index in [1.165, 1.54) is 35.9 Å². The second kappa shape index (κ2) is 10.8. The zero-order chi connectivity index (χ0) is 25.1. The standard InChI is InChI=1S/C26H30F2N6O2/c1-17-22(16-31-34(17)24-9-4-19(14-30-24)25(27)28)26(35)32-20-5-8-23(29-15-20)18-2-6-21(7-3-18)33-10-12-36-13-11-33/h4-5,8-9,14-16,18,21,25H,2-3,6-7,10-13H2,1H3,(H,32,35)/t18-,21-. The van der Waals surface area contributed by atoms with Crippen LogP contribution in [0.4, 0.5) is 14.5 Å². The Balaban J connectivity index is 1.18. The minimum atomic E-state index is -2.59. The van der Waals surface area contributed by atoms with Gasteiger partial charge in [-0.1, -0.05) is 0 Å². The first-order valence-corrected chi connectivity index (χ1v) is 12.4. The molecule has 190 valence electrons. The van der Waals surface area contributed by atoms with Gasteiger partial charge in [-0.2, -0.15) is 5.10 Å². The molecule has 0 radical (unpaired) electrons. The third-order valence-electron chi connectivity index (χ3n) is 7.22. The number of hydrogen-bond donors (Lipinski definition) is 1. The van der Waals surface area contributed by atoms with Gasteiger partial charge in [-0.25, -0.2) is 18.4 Å². The average molecular weight is 497 g/mol. The van der Waals surface area contributed by atoms with Crippen molar-refractivity contribution in [1.82, 2.24) is 24.6 Å². The summed E-state index contributed by atoms with van der Waals surface area (Å²) >= 11 is 0. The van der Waals surface area contributed by atoms with Crippen LogP contribution in [-0.2, 0) is 4.74 Å². The Hall–Kier alpha value is -3.24. The van der Waals surface area contributed by atoms with Crippen LogP contribution in [0, 0.1) is 6.92 Å². The van der Waals surface area contributed by atoms with E-state index in [1.54, 1.807) is 13.1 Å². The van der Waals surface area contributed by atoms with E-state index in [2.05, 4.69) is 25.3 Å². The van der Waals surface area contributed by atoms with Crippen molar-refractivity contribution >= 4 is 11.6 Å². The first-order chi connectivity index (χ1) is 17.5. The van der Waals surface area contributed by atoms with Gasteiger partial charge in [0, 0.05) is 42.5 Å². The molecular formula is C26H30F2N6O2. The van der Waals surface area contributed by atoms with E-state index in [0.29, 0.717) is 34.7 Å². The molecule has 0 atom stereocenters. The minimum absolute atomic E-state index is 0.164. The van der Waals surface area contributed by atoms with Crippen LogP contribution in [0.15, 0.2) is 42.9 Å². The number of hydrogen-bond acceptors (Lipinski definition) is 6. The van der Waals surface area contributed by atoms with Crippen LogP contribution >= 0.6 is 0 Å². The third kappa shape index (κ3) is 5.29. The molecule has 1 saturated carbocycles. The smallest absolute Gasteiger partial charge is 0.265 e. The molecule has 2 fully saturated rings. The second-order valence-electron chi connectivity index (χ2n) is 9.39. The topological polar surface area (TPSA) is 85.2 Å². The maximum atomic E-state index is 12.9. The molecule has 1 saturated heterocycles. The summed E-state index contributed by atoms with van der Waals surface area (Å²) in [6, 6.07) is 7.29. The Labute approximate surface area is 208 Å². The minimum Gasteiger partial charge on any atom is -0.379 e. The molecule has 4 heterocycles. The Bertz CT molecular complexity index is 1170. The molecule has 1 amide bonds. The van der Waals surface area contributed by atoms with Crippen LogP contribution in [0.25, 0.3) is 5.82 Å². The Morgan fingerprint density at radius 1 is 1.03 bits per heavy atom. The molecule has 0 bridgehead atoms. The van der Waals surface area contributed by atoms with Crippen LogP contribution in [0.5, 0.6) is 0 Å². The Morgan fingerprint density at radius 2 is 1.81 bits per heavy atom. The number of pyridine rings is 2. The van der Waals surface area contributed by atoms with Gasteiger partial charge in [-0.05, 0) is 56.9 Å². The highest BCUT2D eigenvalue weighted by Gasteiger charge is 2.28. The van der Waals surface area contributed by atoms with Crippen LogP contribution in [0.1, 0.15) is 65.3 Å². The highest BCUT2D eigenvalue weighted by Crippen LogP contribution is 2.34. The molecule has 2 aliphatic rings. The number of nitrogens with zero attached hydrogens (tertiary/aromatic N) is 5. The Kier molecular flexibility index (Phi) is 7.33. The summed E-state index contributed by atoms with van der Waals surface area (Å²) in [6.45, 7) is 5.46. The molecular weight excluding hydrogens is 466 g/mol. The van der Waals surface area contributed by atoms with Crippen molar-refractivity contribution in [2.75, 3.05) is 31.6 Å². The second-order valence-corrected chi connectivity index (χ2v) is 9.39. The van der Waals surface area contributed by atoms with Gasteiger partial charge in [-0.3, -0.25) is 14.7 Å². The number of aromatic nitrogens is 4. The van der Waals surface area contributed by atoms with Crippen molar-refractivity contribution in [3.8, 4) is 5.82 Å². The quantitative estimate of drug-likeness (QED) is 0.540. The fraction of sp³-hybridized carbons (Fsp3) is 0.462. The van der Waals surface area contributed by atoms with Gasteiger partial charge in [0.1, 0.15) is 0 Å². The summed E-state index contributed by atoms with van der Waals surface area (Å²) in [5, 5.41) is 7.09. The predicted octanol–water partition coefficient (Wildman–Crippen LogP) is 4.52. The molecule has 5 rings (SSSR count). The number of halogens is 2. The zero-order valence-electron chi connectivity index (χ0n) is 20.2. The van der Waals surface area contributed by atoms with Crippen LogP contribution in [0.3, 0.4) is 0 Å². The first-order valence-electron chi connectivity index (χ1n) is 12.4. The van der Waals surface area contributed by atoms with Gasteiger partial charge in [0.25, 0.3) is 12.3 Å². The summed E-state index contributed by atoms with van der Waals surface area (Å²) in [7, 11) is 0. The van der Waals surface area contributed by atoms with Gasteiger partial charge in [0.15, 0.2) is 5.82 Å². The third-order valence-corrected chi connectivity index (χ3v) is 7.22. The van der Waals surface area contributed by atoms with Gasteiger partial charge in [0.2, 0.25) is 0 Å². The highest BCUT2D eigenvalue weighted by atomic mass is 19.3. The summed E-state index contributed by atoms with van der Waals surface area (Å²) < 4.78 is 32.5. The molecule has 3 aromatic heterocycles. The fourth-order valence-electron chi connectivity index (χ4n) is 5.11. The first kappa shape index (κ1) is 24.5. The highest BCUT2D eigenvalue weighted by molar-refractivity contribution is 6.04. The number of alkyl halides is 2. The van der Waals surface area contributed by atoms with E-state index in [-0.39, 0.29) is 11.5 Å². The Morgan fingerprint density at radius 3 is 2.44 bits per heavy atom. The van der Waals surface area contributed by atoms with E-state index >= 15 is 0 Å². The lowest BCUT2D eigenvalue weighted by Gasteiger charge is -2.38. The van der Waals surface area contributed by atoms with Crippen molar-refractivity contribution in [3.63, 3.8) is 0 Å². The van der Waals surface area contributed by atoms with E-state index in [4.69, 9.17) is 4.74 Å². The van der Waals surface area contributed by atoms with Crippen molar-refractivity contribution in [2.45, 2.75) is 51.0 Å². The van der Waals surface area contributed by atoms with Crippen LogP contribution < -0.4 is 5.32 Å². The molecule has 1 aliphatic heterocycles. The maximum Gasteiger partial charge on any atom is 0.265 e. The van der Waals surface area contributed by atoms with Crippen molar-refractivity contribution in [3.05, 3.63) is 65.4 Å². The summed E-state index contributed by atoms with van der Waals surface area (Å²) in [5.74, 6) is 0.491. The zero-order valence-corrected chi connectivity index (χ0v) is 20.2. The molecule has 0 aromatic carbocycles. The van der Waals surface area contributed by atoms with Crippen LogP contribution in [0.2, 0.25) is 0 Å². The molecule has 10 heteroatoms. The lowest BCUT2D eigenvalue weighted by molar-refractivity contribution is 0.00721. The largest absolute Gasteiger partial charge is 0.379 e. The number of morpholine rings is 1. The summed E-state index contributed by atoms with van der Waals surface area (Å²) in [4.78, 5) is 24.1. The molecule has 0 spiro atoms. The average Bonchev–Trinajstić information content (AvgIpc) is 3.31. The van der Waals surface area contributed by atoms with Gasteiger partial charge < -0.3 is 10.1 Å². The van der Waals surface area contributed by atoms with Gasteiger partial charge in [0.05, 0.1) is 42.6 Å². The van der Waals surface area contributed by atoms with Crippen molar-refractivity contribution in [2.24, 2.45) is 0 Å². The normalized spacial score (nSPS) is 21.0. The molecule has 36 heavy (non-hydrogen) atoms. The number of nitrogens with one attached hydrogen (secondary N) is 1. The molecule has 0 unspecified atom stereocenters. The van der Waals surface area contributed by atoms with Crippen molar-refractivity contribution in [1.29, 1.82) is 0 Å². The van der Waals surface area contributed by atoms with E-state index in [0.717, 1.165) is 51.0 Å². The van der Waals surface area contributed by atoms with Gasteiger partial charge >= 0.3 is 0 Å². The molecule has 3 aromatic rings. The molecule has 8 nitrogen and oxygen atoms in total. The number of carbonyl (C=O) groups is 1. The van der Waals surface area contributed by atoms with E-state index in [9.17, 15) is 13.6 Å². The summed E-state index contributed by atoms with van der Waals surface area (Å²) in [5.41, 5.74) is 2.45. The number of rotatable bonds is 6. The van der Waals surface area contributed by atoms with E-state index in [1.807, 2.05) is 12.1 Å². The number of ether oxygens (including phenoxy) is 1. The molecule has 1 aliphatic carbocycles. The number of anilines is 1. The monoisotopic (exact) mass is 496 g/mol. The SMILES string of the molecule is Cc1c(C(=O)Nc2ccc([C@H]3CC[C@H](N4CCOCC4)CC3)nc2)cnn1-c1ccc(C(F)F)cn1. The summed E-state index contributed by atoms with van der Waals surface area (Å²) in [6.07, 6.45) is 6.26. The maximum absolute atomic E-state index is 12.9. The number of amides is 1. The van der Waals surface area contributed by atoms with Crippen molar-refractivity contribution < 1.29 is 18.3 Å². The number of carbonyl (C=O) groups excluding carboxylic acids is 1.